The van der Waals surface area contributed by atoms with E-state index in [4.69, 9.17) is 4.74 Å². The van der Waals surface area contributed by atoms with Crippen LogP contribution in [-0.2, 0) is 9.59 Å². The monoisotopic (exact) mass is 386 g/mol. The minimum absolute atomic E-state index is 0.0301. The zero-order valence-electron chi connectivity index (χ0n) is 16.7. The summed E-state index contributed by atoms with van der Waals surface area (Å²) in [6.07, 6.45) is 5.59. The van der Waals surface area contributed by atoms with Gasteiger partial charge in [-0.2, -0.15) is 0 Å². The van der Waals surface area contributed by atoms with Gasteiger partial charge in [-0.15, -0.1) is 0 Å². The molecule has 0 atom stereocenters. The Kier molecular flexibility index (Phi) is 7.06. The van der Waals surface area contributed by atoms with Crippen LogP contribution in [0.5, 0.6) is 5.75 Å². The second-order valence-electron chi connectivity index (χ2n) is 7.63. The average molecular weight is 386 g/mol. The molecular weight excluding hydrogens is 356 g/mol. The summed E-state index contributed by atoms with van der Waals surface area (Å²) in [5.74, 6) is 1.06. The van der Waals surface area contributed by atoms with E-state index in [1.54, 1.807) is 29.2 Å². The van der Waals surface area contributed by atoms with Crippen molar-refractivity contribution in [3.63, 3.8) is 0 Å². The summed E-state index contributed by atoms with van der Waals surface area (Å²) >= 11 is 0. The number of benzene rings is 1. The number of amides is 2. The van der Waals surface area contributed by atoms with Crippen molar-refractivity contribution < 1.29 is 19.1 Å². The summed E-state index contributed by atoms with van der Waals surface area (Å²) in [4.78, 5) is 40.5. The van der Waals surface area contributed by atoms with Gasteiger partial charge >= 0.3 is 0 Å². The average Bonchev–Trinajstić information content (AvgIpc) is 3.15. The summed E-state index contributed by atoms with van der Waals surface area (Å²) in [6, 6.07) is 6.90. The van der Waals surface area contributed by atoms with Crippen LogP contribution in [0.15, 0.2) is 24.3 Å². The zero-order chi connectivity index (χ0) is 19.9. The van der Waals surface area contributed by atoms with E-state index in [0.717, 1.165) is 38.6 Å². The van der Waals surface area contributed by atoms with E-state index in [0.29, 0.717) is 37.4 Å². The van der Waals surface area contributed by atoms with Crippen LogP contribution in [-0.4, -0.2) is 60.2 Å². The smallest absolute Gasteiger partial charge is 0.260 e. The molecule has 0 aromatic heterocycles. The van der Waals surface area contributed by atoms with Crippen LogP contribution in [0.25, 0.3) is 0 Å². The number of rotatable bonds is 6. The van der Waals surface area contributed by atoms with Crippen molar-refractivity contribution in [3.8, 4) is 5.75 Å². The number of carbonyl (C=O) groups is 3. The van der Waals surface area contributed by atoms with Crippen LogP contribution < -0.4 is 4.74 Å². The van der Waals surface area contributed by atoms with Crippen molar-refractivity contribution in [2.75, 3.05) is 32.8 Å². The van der Waals surface area contributed by atoms with Gasteiger partial charge in [0.25, 0.3) is 5.91 Å². The van der Waals surface area contributed by atoms with Crippen molar-refractivity contribution in [1.82, 2.24) is 9.80 Å². The lowest BCUT2D eigenvalue weighted by atomic mass is 10.1. The highest BCUT2D eigenvalue weighted by Crippen LogP contribution is 2.27. The Balaban J connectivity index is 1.47. The second-order valence-corrected chi connectivity index (χ2v) is 7.63. The van der Waals surface area contributed by atoms with Crippen molar-refractivity contribution in [3.05, 3.63) is 29.8 Å². The summed E-state index contributed by atoms with van der Waals surface area (Å²) in [5.41, 5.74) is 0.653. The van der Waals surface area contributed by atoms with Gasteiger partial charge in [-0.05, 0) is 43.5 Å². The number of carbonyl (C=O) groups excluding carboxylic acids is 3. The van der Waals surface area contributed by atoms with Crippen molar-refractivity contribution in [2.45, 2.75) is 45.4 Å². The predicted octanol–water partition coefficient (Wildman–Crippen LogP) is 2.91. The highest BCUT2D eigenvalue weighted by atomic mass is 16.5. The lowest BCUT2D eigenvalue weighted by Gasteiger charge is -2.24. The molecule has 152 valence electrons. The number of hydrogen-bond acceptors (Lipinski definition) is 4. The molecule has 0 bridgehead atoms. The van der Waals surface area contributed by atoms with Gasteiger partial charge in [0.1, 0.15) is 5.75 Å². The third-order valence-electron chi connectivity index (χ3n) is 5.72. The molecule has 0 spiro atoms. The van der Waals surface area contributed by atoms with Crippen LogP contribution in [0.3, 0.4) is 0 Å². The minimum atomic E-state index is -0.0659. The van der Waals surface area contributed by atoms with E-state index in [1.165, 1.54) is 0 Å². The molecule has 1 saturated heterocycles. The molecule has 3 rings (SSSR count). The molecule has 2 amide bonds. The summed E-state index contributed by atoms with van der Waals surface area (Å²) in [7, 11) is 0. The first-order valence-corrected chi connectivity index (χ1v) is 10.4. The van der Waals surface area contributed by atoms with E-state index in [1.807, 2.05) is 11.8 Å². The van der Waals surface area contributed by atoms with Crippen LogP contribution >= 0.6 is 0 Å². The summed E-state index contributed by atoms with van der Waals surface area (Å²) in [6.45, 7) is 4.35. The van der Waals surface area contributed by atoms with Gasteiger partial charge in [0.15, 0.2) is 12.4 Å². The first-order valence-electron chi connectivity index (χ1n) is 10.4. The third kappa shape index (κ3) is 5.12. The molecule has 1 aliphatic heterocycles. The Bertz CT molecular complexity index is 695. The van der Waals surface area contributed by atoms with E-state index >= 15 is 0 Å². The molecule has 1 heterocycles. The maximum Gasteiger partial charge on any atom is 0.260 e. The standard InChI is InChI=1S/C22H30N2O4/c1-2-20(25)17-8-10-19(11-9-17)28-16-21(26)23-12-5-13-24(15-14-23)22(27)18-6-3-4-7-18/h8-11,18H,2-7,12-16H2,1H3. The minimum Gasteiger partial charge on any atom is -0.484 e. The van der Waals surface area contributed by atoms with Gasteiger partial charge < -0.3 is 14.5 Å². The number of hydrogen-bond donors (Lipinski definition) is 0. The molecular formula is C22H30N2O4. The van der Waals surface area contributed by atoms with Crippen LogP contribution in [0.4, 0.5) is 0 Å². The fraction of sp³-hybridized carbons (Fsp3) is 0.591. The molecule has 1 saturated carbocycles. The van der Waals surface area contributed by atoms with Gasteiger partial charge in [-0.3, -0.25) is 14.4 Å². The summed E-state index contributed by atoms with van der Waals surface area (Å²) < 4.78 is 5.60. The third-order valence-corrected chi connectivity index (χ3v) is 5.72. The zero-order valence-corrected chi connectivity index (χ0v) is 16.7. The Morgan fingerprint density at radius 2 is 1.57 bits per heavy atom. The second kappa shape index (κ2) is 9.71. The van der Waals surface area contributed by atoms with Crippen LogP contribution in [0, 0.1) is 5.92 Å². The largest absolute Gasteiger partial charge is 0.484 e. The predicted molar refractivity (Wildman–Crippen MR) is 106 cm³/mol. The SMILES string of the molecule is CCC(=O)c1ccc(OCC(=O)N2CCCN(C(=O)C3CCCC3)CC2)cc1. The van der Waals surface area contributed by atoms with Crippen LogP contribution in [0.2, 0.25) is 0 Å². The molecule has 6 heteroatoms. The Labute approximate surface area is 166 Å². The van der Waals surface area contributed by atoms with Crippen molar-refractivity contribution in [1.29, 1.82) is 0 Å². The van der Waals surface area contributed by atoms with E-state index in [-0.39, 0.29) is 30.1 Å². The number of ketones is 1. The van der Waals surface area contributed by atoms with Gasteiger partial charge in [-0.1, -0.05) is 19.8 Å². The highest BCUT2D eigenvalue weighted by molar-refractivity contribution is 5.95. The molecule has 0 N–H and O–H groups in total. The molecule has 0 unspecified atom stereocenters. The van der Waals surface area contributed by atoms with Crippen molar-refractivity contribution in [2.24, 2.45) is 5.92 Å². The quantitative estimate of drug-likeness (QED) is 0.705. The molecule has 0 radical (unpaired) electrons. The topological polar surface area (TPSA) is 66.9 Å². The van der Waals surface area contributed by atoms with Gasteiger partial charge in [-0.25, -0.2) is 0 Å². The number of Topliss-reactive ketones (excluding diaryl/α,β-unsaturated/α-hetero) is 1. The molecule has 2 fully saturated rings. The fourth-order valence-corrected chi connectivity index (χ4v) is 4.00. The first kappa shape index (κ1) is 20.4. The van der Waals surface area contributed by atoms with E-state index < -0.39 is 0 Å². The highest BCUT2D eigenvalue weighted by Gasteiger charge is 2.29. The fourth-order valence-electron chi connectivity index (χ4n) is 4.00. The molecule has 6 nitrogen and oxygen atoms in total. The molecule has 1 aliphatic carbocycles. The van der Waals surface area contributed by atoms with E-state index in [2.05, 4.69) is 0 Å². The maximum atomic E-state index is 12.6. The number of ether oxygens (including phenoxy) is 1. The molecule has 28 heavy (non-hydrogen) atoms. The van der Waals surface area contributed by atoms with Crippen molar-refractivity contribution >= 4 is 17.6 Å². The first-order chi connectivity index (χ1) is 13.6. The van der Waals surface area contributed by atoms with Gasteiger partial charge in [0.2, 0.25) is 5.91 Å². The normalized spacial score (nSPS) is 18.0. The Morgan fingerprint density at radius 1 is 0.929 bits per heavy atom. The number of nitrogens with zero attached hydrogens (tertiary/aromatic N) is 2. The Hall–Kier alpha value is -2.37. The molecule has 1 aromatic carbocycles. The lowest BCUT2D eigenvalue weighted by molar-refractivity contribution is -0.136. The van der Waals surface area contributed by atoms with Gasteiger partial charge in [0.05, 0.1) is 0 Å². The maximum absolute atomic E-state index is 12.6. The molecule has 1 aromatic rings. The van der Waals surface area contributed by atoms with Gasteiger partial charge in [0, 0.05) is 44.1 Å². The van der Waals surface area contributed by atoms with Crippen LogP contribution in [0.1, 0.15) is 55.8 Å². The molecule has 2 aliphatic rings. The Morgan fingerprint density at radius 3 is 2.25 bits per heavy atom. The lowest BCUT2D eigenvalue weighted by Crippen LogP contribution is -2.40. The summed E-state index contributed by atoms with van der Waals surface area (Å²) in [5, 5.41) is 0. The van der Waals surface area contributed by atoms with E-state index in [9.17, 15) is 14.4 Å².